The van der Waals surface area contributed by atoms with E-state index in [1.807, 2.05) is 0 Å². The summed E-state index contributed by atoms with van der Waals surface area (Å²) in [5.74, 6) is 0. The van der Waals surface area contributed by atoms with Crippen LogP contribution in [0.4, 0.5) is 0 Å². The molecule has 1 aliphatic rings. The second-order valence-electron chi connectivity index (χ2n) is 4.75. The fourth-order valence-corrected chi connectivity index (χ4v) is 2.51. The average Bonchev–Trinajstić information content (AvgIpc) is 2.28. The molecule has 16 heavy (non-hydrogen) atoms. The van der Waals surface area contributed by atoms with E-state index in [9.17, 15) is 0 Å². The predicted octanol–water partition coefficient (Wildman–Crippen LogP) is 2.74. The first kappa shape index (κ1) is 11.2. The highest BCUT2D eigenvalue weighted by Gasteiger charge is 2.27. The van der Waals surface area contributed by atoms with Gasteiger partial charge in [-0.3, -0.25) is 4.90 Å². The highest BCUT2D eigenvalue weighted by atomic mass is 15.2. The minimum Gasteiger partial charge on any atom is -0.292 e. The van der Waals surface area contributed by atoms with E-state index in [2.05, 4.69) is 49.1 Å². The zero-order chi connectivity index (χ0) is 11.5. The largest absolute Gasteiger partial charge is 0.292 e. The van der Waals surface area contributed by atoms with Crippen LogP contribution < -0.4 is 0 Å². The minimum atomic E-state index is 0.389. The number of nitriles is 1. The van der Waals surface area contributed by atoms with Gasteiger partial charge in [-0.1, -0.05) is 24.3 Å². The smallest absolute Gasteiger partial charge is 0.0638 e. The zero-order valence-corrected chi connectivity index (χ0v) is 9.98. The first-order chi connectivity index (χ1) is 7.72. The van der Waals surface area contributed by atoms with Crippen LogP contribution in [0.2, 0.25) is 0 Å². The molecule has 1 aromatic rings. The summed E-state index contributed by atoms with van der Waals surface area (Å²) in [6.45, 7) is 5.40. The Labute approximate surface area is 97.5 Å². The van der Waals surface area contributed by atoms with Gasteiger partial charge in [-0.05, 0) is 31.4 Å². The van der Waals surface area contributed by atoms with Crippen molar-refractivity contribution in [3.05, 3.63) is 35.4 Å². The quantitative estimate of drug-likeness (QED) is 0.757. The molecular formula is C14H18N2. The van der Waals surface area contributed by atoms with Gasteiger partial charge in [-0.25, -0.2) is 0 Å². The van der Waals surface area contributed by atoms with Gasteiger partial charge in [0, 0.05) is 18.6 Å². The number of nitrogens with zero attached hydrogens (tertiary/aromatic N) is 2. The van der Waals surface area contributed by atoms with E-state index in [0.29, 0.717) is 18.5 Å². The van der Waals surface area contributed by atoms with Crippen molar-refractivity contribution in [2.24, 2.45) is 0 Å². The third-order valence-electron chi connectivity index (χ3n) is 3.39. The van der Waals surface area contributed by atoms with Crippen LogP contribution in [-0.2, 0) is 13.0 Å². The summed E-state index contributed by atoms with van der Waals surface area (Å²) in [4.78, 5) is 2.44. The highest BCUT2D eigenvalue weighted by Crippen LogP contribution is 2.26. The van der Waals surface area contributed by atoms with E-state index in [1.54, 1.807) is 0 Å². The molecule has 0 aromatic heterocycles. The molecule has 1 aliphatic heterocycles. The Kier molecular flexibility index (Phi) is 3.26. The van der Waals surface area contributed by atoms with Crippen molar-refractivity contribution in [2.75, 3.05) is 0 Å². The van der Waals surface area contributed by atoms with E-state index in [4.69, 9.17) is 5.26 Å². The molecule has 0 amide bonds. The lowest BCUT2D eigenvalue weighted by Crippen LogP contribution is -2.44. The second-order valence-corrected chi connectivity index (χ2v) is 4.75. The van der Waals surface area contributed by atoms with Crippen molar-refractivity contribution in [3.63, 3.8) is 0 Å². The minimum absolute atomic E-state index is 0.389. The predicted molar refractivity (Wildman–Crippen MR) is 64.8 cm³/mol. The van der Waals surface area contributed by atoms with Crippen molar-refractivity contribution < 1.29 is 0 Å². The van der Waals surface area contributed by atoms with Crippen LogP contribution in [0.1, 0.15) is 31.4 Å². The van der Waals surface area contributed by atoms with Crippen LogP contribution >= 0.6 is 0 Å². The summed E-state index contributed by atoms with van der Waals surface area (Å²) >= 11 is 0. The molecule has 0 fully saturated rings. The van der Waals surface area contributed by atoms with Crippen molar-refractivity contribution in [2.45, 2.75) is 45.3 Å². The van der Waals surface area contributed by atoms with Gasteiger partial charge in [-0.2, -0.15) is 5.26 Å². The molecule has 0 saturated heterocycles. The number of hydrogen-bond donors (Lipinski definition) is 0. The lowest BCUT2D eigenvalue weighted by Gasteiger charge is -2.38. The molecule has 0 aliphatic carbocycles. The summed E-state index contributed by atoms with van der Waals surface area (Å²) < 4.78 is 0. The molecule has 2 rings (SSSR count). The summed E-state index contributed by atoms with van der Waals surface area (Å²) in [7, 11) is 0. The number of benzene rings is 1. The van der Waals surface area contributed by atoms with Gasteiger partial charge in [0.2, 0.25) is 0 Å². The average molecular weight is 214 g/mol. The summed E-state index contributed by atoms with van der Waals surface area (Å²) in [5, 5.41) is 8.89. The topological polar surface area (TPSA) is 27.0 Å². The molecule has 1 aromatic carbocycles. The second kappa shape index (κ2) is 4.67. The molecule has 1 unspecified atom stereocenters. The molecule has 0 N–H and O–H groups in total. The summed E-state index contributed by atoms with van der Waals surface area (Å²) in [5.41, 5.74) is 2.84. The Morgan fingerprint density at radius 2 is 2.06 bits per heavy atom. The van der Waals surface area contributed by atoms with Gasteiger partial charge in [0.15, 0.2) is 0 Å². The number of fused-ring (bicyclic) bond motifs is 1. The van der Waals surface area contributed by atoms with Gasteiger partial charge in [-0.15, -0.1) is 0 Å². The molecule has 2 heteroatoms. The number of rotatable bonds is 2. The monoisotopic (exact) mass is 214 g/mol. The lowest BCUT2D eigenvalue weighted by molar-refractivity contribution is 0.132. The molecule has 0 bridgehead atoms. The van der Waals surface area contributed by atoms with Gasteiger partial charge in [0.25, 0.3) is 0 Å². The van der Waals surface area contributed by atoms with Crippen LogP contribution in [0.15, 0.2) is 24.3 Å². The van der Waals surface area contributed by atoms with Crippen molar-refractivity contribution in [1.82, 2.24) is 4.90 Å². The van der Waals surface area contributed by atoms with Crippen LogP contribution in [0.25, 0.3) is 0 Å². The molecule has 0 spiro atoms. The SMILES string of the molecule is CC(C)N1Cc2ccccc2CC1CC#N. The molecule has 1 heterocycles. The van der Waals surface area contributed by atoms with E-state index in [-0.39, 0.29) is 0 Å². The van der Waals surface area contributed by atoms with Crippen molar-refractivity contribution in [3.8, 4) is 6.07 Å². The molecular weight excluding hydrogens is 196 g/mol. The Morgan fingerprint density at radius 3 is 2.69 bits per heavy atom. The standard InChI is InChI=1S/C14H18N2/c1-11(2)16-10-13-6-4-3-5-12(13)9-14(16)7-8-15/h3-6,11,14H,7,9-10H2,1-2H3. The molecule has 84 valence electrons. The van der Waals surface area contributed by atoms with Crippen molar-refractivity contribution >= 4 is 0 Å². The van der Waals surface area contributed by atoms with Crippen LogP contribution in [0, 0.1) is 11.3 Å². The molecule has 2 nitrogen and oxygen atoms in total. The summed E-state index contributed by atoms with van der Waals surface area (Å²) in [6, 6.07) is 11.8. The normalized spacial score (nSPS) is 20.5. The van der Waals surface area contributed by atoms with Crippen LogP contribution in [0.3, 0.4) is 0 Å². The van der Waals surface area contributed by atoms with Gasteiger partial charge < -0.3 is 0 Å². The van der Waals surface area contributed by atoms with Crippen LogP contribution in [-0.4, -0.2) is 17.0 Å². The zero-order valence-electron chi connectivity index (χ0n) is 9.98. The summed E-state index contributed by atoms with van der Waals surface area (Å²) in [6.07, 6.45) is 1.65. The number of hydrogen-bond acceptors (Lipinski definition) is 2. The maximum atomic E-state index is 8.89. The third kappa shape index (κ3) is 2.10. The Balaban J connectivity index is 2.26. The van der Waals surface area contributed by atoms with E-state index < -0.39 is 0 Å². The Bertz CT molecular complexity index is 403. The van der Waals surface area contributed by atoms with E-state index >= 15 is 0 Å². The van der Waals surface area contributed by atoms with E-state index in [0.717, 1.165) is 13.0 Å². The Hall–Kier alpha value is -1.33. The highest BCUT2D eigenvalue weighted by molar-refractivity contribution is 5.30. The third-order valence-corrected chi connectivity index (χ3v) is 3.39. The molecule has 1 atom stereocenters. The van der Waals surface area contributed by atoms with Gasteiger partial charge in [0.1, 0.15) is 0 Å². The van der Waals surface area contributed by atoms with Gasteiger partial charge in [0.05, 0.1) is 12.5 Å². The maximum Gasteiger partial charge on any atom is 0.0638 e. The van der Waals surface area contributed by atoms with Gasteiger partial charge >= 0.3 is 0 Å². The fourth-order valence-electron chi connectivity index (χ4n) is 2.51. The van der Waals surface area contributed by atoms with Crippen molar-refractivity contribution in [1.29, 1.82) is 5.26 Å². The first-order valence-corrected chi connectivity index (χ1v) is 5.92. The first-order valence-electron chi connectivity index (χ1n) is 5.92. The molecule has 0 radical (unpaired) electrons. The van der Waals surface area contributed by atoms with Crippen LogP contribution in [0.5, 0.6) is 0 Å². The lowest BCUT2D eigenvalue weighted by atomic mass is 9.91. The molecule has 0 saturated carbocycles. The van der Waals surface area contributed by atoms with E-state index in [1.165, 1.54) is 11.1 Å². The Morgan fingerprint density at radius 1 is 1.38 bits per heavy atom. The fraction of sp³-hybridized carbons (Fsp3) is 0.500. The maximum absolute atomic E-state index is 8.89.